The number of nitrogens with one attached hydrogen (secondary N) is 1. The van der Waals surface area contributed by atoms with E-state index in [1.165, 1.54) is 32.2 Å². The van der Waals surface area contributed by atoms with E-state index in [9.17, 15) is 19.5 Å². The molecule has 0 saturated carbocycles. The van der Waals surface area contributed by atoms with Crippen LogP contribution in [0.2, 0.25) is 0 Å². The van der Waals surface area contributed by atoms with Crippen LogP contribution < -0.4 is 10.1 Å². The number of ketones is 1. The second-order valence-corrected chi connectivity index (χ2v) is 6.49. The maximum atomic E-state index is 12.5. The molecule has 2 aromatic carbocycles. The predicted molar refractivity (Wildman–Crippen MR) is 104 cm³/mol. The van der Waals surface area contributed by atoms with Gasteiger partial charge >= 0.3 is 5.97 Å². The minimum absolute atomic E-state index is 0.0919. The van der Waals surface area contributed by atoms with Crippen molar-refractivity contribution in [2.24, 2.45) is 5.92 Å². The highest BCUT2D eigenvalue weighted by Crippen LogP contribution is 2.30. The highest BCUT2D eigenvalue weighted by molar-refractivity contribution is 6.02. The number of Topliss-reactive ketones (excluding diaryl/α,β-unsaturated/α-hetero) is 1. The second-order valence-electron chi connectivity index (χ2n) is 6.49. The maximum absolute atomic E-state index is 12.5. The van der Waals surface area contributed by atoms with Gasteiger partial charge in [-0.3, -0.25) is 9.59 Å². The molecule has 1 amide bonds. The number of anilines is 1. The molecule has 7 heteroatoms. The molecule has 1 unspecified atom stereocenters. The van der Waals surface area contributed by atoms with Gasteiger partial charge in [-0.05, 0) is 43.3 Å². The van der Waals surface area contributed by atoms with E-state index in [4.69, 9.17) is 9.47 Å². The number of methoxy groups -OCH3 is 1. The number of aromatic hydroxyl groups is 1. The van der Waals surface area contributed by atoms with Crippen molar-refractivity contribution in [3.05, 3.63) is 53.6 Å². The summed E-state index contributed by atoms with van der Waals surface area (Å²) in [7, 11) is 1.36. The number of benzene rings is 2. The molecule has 148 valence electrons. The number of carbonyl (C=O) groups is 3. The van der Waals surface area contributed by atoms with Gasteiger partial charge in [0.25, 0.3) is 0 Å². The van der Waals surface area contributed by atoms with E-state index in [0.29, 0.717) is 11.3 Å². The first-order valence-electron chi connectivity index (χ1n) is 8.76. The Morgan fingerprint density at radius 2 is 1.64 bits per heavy atom. The van der Waals surface area contributed by atoms with E-state index in [1.54, 1.807) is 38.1 Å². The molecule has 0 radical (unpaired) electrons. The molecule has 0 bridgehead atoms. The van der Waals surface area contributed by atoms with Crippen LogP contribution in [0, 0.1) is 5.92 Å². The summed E-state index contributed by atoms with van der Waals surface area (Å²) >= 11 is 0. The average Bonchev–Trinajstić information content (AvgIpc) is 2.67. The first-order valence-corrected chi connectivity index (χ1v) is 8.76. The minimum Gasteiger partial charge on any atom is -0.504 e. The summed E-state index contributed by atoms with van der Waals surface area (Å²) in [5.41, 5.74) is 0.810. The van der Waals surface area contributed by atoms with Crippen molar-refractivity contribution in [2.75, 3.05) is 12.4 Å². The van der Waals surface area contributed by atoms with Gasteiger partial charge in [-0.15, -0.1) is 0 Å². The molecule has 0 aliphatic heterocycles. The summed E-state index contributed by atoms with van der Waals surface area (Å²) in [6.07, 6.45) is -1.06. The molecular formula is C21H23NO6. The zero-order valence-electron chi connectivity index (χ0n) is 16.2. The fourth-order valence-corrected chi connectivity index (χ4v) is 2.37. The van der Waals surface area contributed by atoms with Crippen molar-refractivity contribution >= 4 is 23.3 Å². The molecule has 0 aliphatic rings. The Labute approximate surface area is 163 Å². The number of amides is 1. The molecular weight excluding hydrogens is 362 g/mol. The molecule has 0 fully saturated rings. The number of esters is 1. The summed E-state index contributed by atoms with van der Waals surface area (Å²) in [5.74, 6) is -1.74. The smallest absolute Gasteiger partial charge is 0.342 e. The Balaban J connectivity index is 2.06. The first kappa shape index (κ1) is 21.0. The summed E-state index contributed by atoms with van der Waals surface area (Å²) in [4.78, 5) is 36.5. The Morgan fingerprint density at radius 1 is 1.00 bits per heavy atom. The van der Waals surface area contributed by atoms with E-state index in [1.807, 2.05) is 0 Å². The average molecular weight is 385 g/mol. The zero-order valence-corrected chi connectivity index (χ0v) is 16.2. The second kappa shape index (κ2) is 9.03. The number of phenols is 1. The number of hydrogen-bond donors (Lipinski definition) is 2. The Kier molecular flexibility index (Phi) is 6.76. The lowest BCUT2D eigenvalue weighted by molar-refractivity contribution is -0.118. The van der Waals surface area contributed by atoms with Crippen LogP contribution in [0.3, 0.4) is 0 Å². The zero-order chi connectivity index (χ0) is 20.8. The molecule has 1 atom stereocenters. The van der Waals surface area contributed by atoms with Crippen molar-refractivity contribution in [3.63, 3.8) is 0 Å². The van der Waals surface area contributed by atoms with E-state index >= 15 is 0 Å². The first-order chi connectivity index (χ1) is 13.2. The largest absolute Gasteiger partial charge is 0.504 e. The quantitative estimate of drug-likeness (QED) is 0.559. The fraction of sp³-hybridized carbons (Fsp3) is 0.286. The van der Waals surface area contributed by atoms with Crippen molar-refractivity contribution in [1.82, 2.24) is 0 Å². The molecule has 2 aromatic rings. The minimum atomic E-state index is -1.06. The number of rotatable bonds is 7. The van der Waals surface area contributed by atoms with Crippen LogP contribution in [-0.2, 0) is 9.53 Å². The van der Waals surface area contributed by atoms with Crippen LogP contribution in [0.25, 0.3) is 0 Å². The lowest BCUT2D eigenvalue weighted by atomic mass is 10.1. The highest BCUT2D eigenvalue weighted by Gasteiger charge is 2.23. The van der Waals surface area contributed by atoms with Crippen LogP contribution in [-0.4, -0.2) is 36.0 Å². The van der Waals surface area contributed by atoms with Crippen molar-refractivity contribution < 1.29 is 29.0 Å². The summed E-state index contributed by atoms with van der Waals surface area (Å²) in [5, 5.41) is 12.8. The van der Waals surface area contributed by atoms with Gasteiger partial charge in [-0.2, -0.15) is 0 Å². The third-order valence-corrected chi connectivity index (χ3v) is 4.05. The lowest BCUT2D eigenvalue weighted by Crippen LogP contribution is -2.24. The molecule has 0 aliphatic carbocycles. The van der Waals surface area contributed by atoms with Gasteiger partial charge in [-0.25, -0.2) is 4.79 Å². The van der Waals surface area contributed by atoms with Crippen molar-refractivity contribution in [2.45, 2.75) is 26.9 Å². The van der Waals surface area contributed by atoms with Gasteiger partial charge < -0.3 is 19.9 Å². The Bertz CT molecular complexity index is 873. The van der Waals surface area contributed by atoms with Gasteiger partial charge in [0, 0.05) is 17.2 Å². The number of hydrogen-bond acceptors (Lipinski definition) is 6. The van der Waals surface area contributed by atoms with E-state index < -0.39 is 17.9 Å². The van der Waals surface area contributed by atoms with Gasteiger partial charge in [0.05, 0.1) is 7.11 Å². The number of phenolic OH excluding ortho intramolecular Hbond substituents is 1. The summed E-state index contributed by atoms with van der Waals surface area (Å²) in [6, 6.07) is 10.7. The monoisotopic (exact) mass is 385 g/mol. The predicted octanol–water partition coefficient (Wildman–Crippen LogP) is 3.42. The molecule has 2 N–H and O–H groups in total. The van der Waals surface area contributed by atoms with Crippen LogP contribution in [0.5, 0.6) is 11.5 Å². The number of ether oxygens (including phenoxy) is 2. The van der Waals surface area contributed by atoms with E-state index in [-0.39, 0.29) is 28.9 Å². The lowest BCUT2D eigenvalue weighted by Gasteiger charge is -2.14. The van der Waals surface area contributed by atoms with Gasteiger partial charge in [0.1, 0.15) is 5.56 Å². The molecule has 0 aromatic heterocycles. The van der Waals surface area contributed by atoms with E-state index in [0.717, 1.165) is 0 Å². The molecule has 2 rings (SSSR count). The Hall–Kier alpha value is -3.35. The number of carbonyl (C=O) groups excluding carboxylic acids is 3. The standard InChI is InChI=1S/C21H23NO6/c1-12(2)20(25)22-15-10-8-14(9-11-15)18(23)13(3)28-21(26)16-6-5-7-17(27-4)19(16)24/h5-13,24H,1-4H3,(H,22,25). The molecule has 28 heavy (non-hydrogen) atoms. The van der Waals surface area contributed by atoms with Crippen LogP contribution in [0.15, 0.2) is 42.5 Å². The molecule has 0 spiro atoms. The SMILES string of the molecule is COc1cccc(C(=O)OC(C)C(=O)c2ccc(NC(=O)C(C)C)cc2)c1O. The van der Waals surface area contributed by atoms with Crippen molar-refractivity contribution in [3.8, 4) is 11.5 Å². The normalized spacial score (nSPS) is 11.6. The van der Waals surface area contributed by atoms with E-state index in [2.05, 4.69) is 5.32 Å². The fourth-order valence-electron chi connectivity index (χ4n) is 2.37. The van der Waals surface area contributed by atoms with Crippen LogP contribution >= 0.6 is 0 Å². The number of para-hydroxylation sites is 1. The molecule has 7 nitrogen and oxygen atoms in total. The van der Waals surface area contributed by atoms with Crippen LogP contribution in [0.4, 0.5) is 5.69 Å². The Morgan fingerprint density at radius 3 is 2.21 bits per heavy atom. The third-order valence-electron chi connectivity index (χ3n) is 4.05. The highest BCUT2D eigenvalue weighted by atomic mass is 16.5. The van der Waals surface area contributed by atoms with Gasteiger partial charge in [0.2, 0.25) is 11.7 Å². The summed E-state index contributed by atoms with van der Waals surface area (Å²) in [6.45, 7) is 5.01. The van der Waals surface area contributed by atoms with Gasteiger partial charge in [0.15, 0.2) is 17.6 Å². The van der Waals surface area contributed by atoms with Gasteiger partial charge in [-0.1, -0.05) is 19.9 Å². The molecule has 0 heterocycles. The molecule has 0 saturated heterocycles. The third kappa shape index (κ3) is 4.88. The van der Waals surface area contributed by atoms with Crippen molar-refractivity contribution in [1.29, 1.82) is 0 Å². The van der Waals surface area contributed by atoms with Crippen LogP contribution in [0.1, 0.15) is 41.5 Å². The maximum Gasteiger partial charge on any atom is 0.342 e. The topological polar surface area (TPSA) is 102 Å². The summed E-state index contributed by atoms with van der Waals surface area (Å²) < 4.78 is 10.1.